The quantitative estimate of drug-likeness (QED) is 0.761. The lowest BCUT2D eigenvalue weighted by Gasteiger charge is -1.97. The van der Waals surface area contributed by atoms with Gasteiger partial charge in [0.2, 0.25) is 0 Å². The van der Waals surface area contributed by atoms with Crippen molar-refractivity contribution in [3.05, 3.63) is 48.2 Å². The normalized spacial score (nSPS) is 11.3. The summed E-state index contributed by atoms with van der Waals surface area (Å²) in [5.74, 6) is 0. The van der Waals surface area contributed by atoms with Crippen LogP contribution in [0.2, 0.25) is 0 Å². The number of hydrogen-bond acceptors (Lipinski definition) is 1. The van der Waals surface area contributed by atoms with Crippen LogP contribution < -0.4 is 0 Å². The average molecular weight is 262 g/mol. The topological polar surface area (TPSA) is 12.9 Å². The van der Waals surface area contributed by atoms with E-state index in [0.29, 0.717) is 0 Å². The van der Waals surface area contributed by atoms with E-state index in [-0.39, 0.29) is 0 Å². The summed E-state index contributed by atoms with van der Waals surface area (Å²) in [7, 11) is 0. The molecule has 15 heavy (non-hydrogen) atoms. The molecule has 0 aliphatic rings. The lowest BCUT2D eigenvalue weighted by molar-refractivity contribution is 1.27. The Hall–Kier alpha value is -1.15. The van der Waals surface area contributed by atoms with Gasteiger partial charge in [-0.15, -0.1) is 0 Å². The summed E-state index contributed by atoms with van der Waals surface area (Å²) >= 11 is 3.40. The first-order valence-corrected chi connectivity index (χ1v) is 6.09. The highest BCUT2D eigenvalue weighted by molar-refractivity contribution is 9.09. The van der Waals surface area contributed by atoms with Gasteiger partial charge in [-0.3, -0.25) is 4.98 Å². The molecule has 0 saturated heterocycles. The van der Waals surface area contributed by atoms with Gasteiger partial charge in [-0.2, -0.15) is 0 Å². The van der Waals surface area contributed by atoms with E-state index >= 15 is 0 Å². The van der Waals surface area contributed by atoms with Crippen LogP contribution in [-0.2, 0) is 0 Å². The maximum Gasteiger partial charge on any atom is 0.0702 e. The maximum absolute atomic E-state index is 4.29. The van der Waals surface area contributed by atoms with Gasteiger partial charge in [0.15, 0.2) is 0 Å². The average Bonchev–Trinajstić information content (AvgIpc) is 2.29. The Bertz CT molecular complexity index is 477. The molecule has 1 aromatic carbocycles. The molecule has 1 nitrogen and oxygen atoms in total. The Labute approximate surface area is 98.0 Å². The summed E-state index contributed by atoms with van der Waals surface area (Å²) in [6.07, 6.45) is 7.20. The van der Waals surface area contributed by atoms with E-state index < -0.39 is 0 Å². The summed E-state index contributed by atoms with van der Waals surface area (Å²) in [6, 6.07) is 10.4. The highest BCUT2D eigenvalue weighted by Crippen LogP contribution is 2.14. The smallest absolute Gasteiger partial charge is 0.0702 e. The summed E-state index contributed by atoms with van der Waals surface area (Å²) in [4.78, 5) is 4.29. The molecule has 0 amide bonds. The summed E-state index contributed by atoms with van der Waals surface area (Å²) in [5, 5.41) is 2.21. The number of rotatable bonds is 3. The van der Waals surface area contributed by atoms with Crippen LogP contribution >= 0.6 is 15.9 Å². The maximum atomic E-state index is 4.29. The van der Waals surface area contributed by atoms with Crippen molar-refractivity contribution in [2.75, 3.05) is 5.33 Å². The van der Waals surface area contributed by atoms with Gasteiger partial charge in [-0.1, -0.05) is 40.2 Å². The lowest BCUT2D eigenvalue weighted by Crippen LogP contribution is -1.78. The van der Waals surface area contributed by atoms with Crippen molar-refractivity contribution in [3.8, 4) is 0 Å². The Balaban J connectivity index is 2.30. The Morgan fingerprint density at radius 3 is 3.07 bits per heavy atom. The highest BCUT2D eigenvalue weighted by Gasteiger charge is 1.93. The molecule has 1 heterocycles. The standard InChI is InChI=1S/C13H12BrN/c14-8-2-1-4-11-6-7-13-12(10-11)5-3-9-15-13/h1,3-7,9-10H,2,8H2/b4-1+. The predicted molar refractivity (Wildman–Crippen MR) is 69.2 cm³/mol. The summed E-state index contributed by atoms with van der Waals surface area (Å²) in [6.45, 7) is 0. The van der Waals surface area contributed by atoms with E-state index in [9.17, 15) is 0 Å². The summed E-state index contributed by atoms with van der Waals surface area (Å²) in [5.41, 5.74) is 2.28. The van der Waals surface area contributed by atoms with Crippen molar-refractivity contribution in [1.29, 1.82) is 0 Å². The Kier molecular flexibility index (Phi) is 3.51. The molecule has 2 heteroatoms. The van der Waals surface area contributed by atoms with Crippen LogP contribution in [0.5, 0.6) is 0 Å². The van der Waals surface area contributed by atoms with Gasteiger partial charge in [0.25, 0.3) is 0 Å². The molecule has 0 bridgehead atoms. The fraction of sp³-hybridized carbons (Fsp3) is 0.154. The van der Waals surface area contributed by atoms with E-state index in [1.807, 2.05) is 12.3 Å². The van der Waals surface area contributed by atoms with Crippen molar-refractivity contribution in [2.45, 2.75) is 6.42 Å². The van der Waals surface area contributed by atoms with Crippen LogP contribution in [0.4, 0.5) is 0 Å². The zero-order valence-electron chi connectivity index (χ0n) is 8.36. The van der Waals surface area contributed by atoms with Crippen molar-refractivity contribution in [3.63, 3.8) is 0 Å². The molecule has 0 saturated carbocycles. The van der Waals surface area contributed by atoms with Gasteiger partial charge in [-0.25, -0.2) is 0 Å². The van der Waals surface area contributed by atoms with E-state index in [0.717, 1.165) is 17.3 Å². The van der Waals surface area contributed by atoms with Gasteiger partial charge >= 0.3 is 0 Å². The fourth-order valence-corrected chi connectivity index (χ4v) is 1.74. The minimum Gasteiger partial charge on any atom is -0.256 e. The molecule has 0 aliphatic heterocycles. The number of allylic oxidation sites excluding steroid dienone is 1. The second-order valence-electron chi connectivity index (χ2n) is 3.34. The molecule has 0 aliphatic carbocycles. The number of pyridine rings is 1. The first kappa shape index (κ1) is 10.4. The minimum absolute atomic E-state index is 1.01. The zero-order chi connectivity index (χ0) is 10.5. The largest absolute Gasteiger partial charge is 0.256 e. The van der Waals surface area contributed by atoms with Crippen LogP contribution in [0.15, 0.2) is 42.6 Å². The highest BCUT2D eigenvalue weighted by atomic mass is 79.9. The predicted octanol–water partition coefficient (Wildman–Crippen LogP) is 4.03. The van der Waals surface area contributed by atoms with Gasteiger partial charge < -0.3 is 0 Å². The van der Waals surface area contributed by atoms with Gasteiger partial charge in [0.05, 0.1) is 5.52 Å². The third-order valence-electron chi connectivity index (χ3n) is 2.21. The molecule has 0 N–H and O–H groups in total. The van der Waals surface area contributed by atoms with Crippen LogP contribution in [0.3, 0.4) is 0 Å². The molecule has 76 valence electrons. The molecular formula is C13H12BrN. The van der Waals surface area contributed by atoms with Crippen molar-refractivity contribution >= 4 is 32.9 Å². The number of hydrogen-bond donors (Lipinski definition) is 0. The fourth-order valence-electron chi connectivity index (χ4n) is 1.48. The molecule has 0 unspecified atom stereocenters. The third kappa shape index (κ3) is 2.66. The minimum atomic E-state index is 1.01. The molecule has 1 aromatic heterocycles. The van der Waals surface area contributed by atoms with E-state index in [1.165, 1.54) is 10.9 Å². The van der Waals surface area contributed by atoms with Gasteiger partial charge in [0, 0.05) is 16.9 Å². The third-order valence-corrected chi connectivity index (χ3v) is 2.67. The van der Waals surface area contributed by atoms with Gasteiger partial charge in [-0.05, 0) is 30.2 Å². The summed E-state index contributed by atoms with van der Waals surface area (Å²) < 4.78 is 0. The molecule has 0 spiro atoms. The van der Waals surface area contributed by atoms with Crippen molar-refractivity contribution in [2.24, 2.45) is 0 Å². The molecule has 0 atom stereocenters. The van der Waals surface area contributed by atoms with Crippen LogP contribution in [0.25, 0.3) is 17.0 Å². The van der Waals surface area contributed by atoms with Crippen LogP contribution in [0.1, 0.15) is 12.0 Å². The first-order valence-electron chi connectivity index (χ1n) is 4.97. The molecule has 0 radical (unpaired) electrons. The molecular weight excluding hydrogens is 250 g/mol. The number of benzene rings is 1. The Morgan fingerprint density at radius 2 is 2.20 bits per heavy atom. The lowest BCUT2D eigenvalue weighted by atomic mass is 10.1. The van der Waals surface area contributed by atoms with Crippen molar-refractivity contribution < 1.29 is 0 Å². The van der Waals surface area contributed by atoms with Crippen LogP contribution in [0, 0.1) is 0 Å². The van der Waals surface area contributed by atoms with E-state index in [1.54, 1.807) is 0 Å². The van der Waals surface area contributed by atoms with Crippen LogP contribution in [-0.4, -0.2) is 10.3 Å². The van der Waals surface area contributed by atoms with Gasteiger partial charge in [0.1, 0.15) is 0 Å². The number of halogens is 1. The second-order valence-corrected chi connectivity index (χ2v) is 4.13. The Morgan fingerprint density at radius 1 is 1.27 bits per heavy atom. The zero-order valence-corrected chi connectivity index (χ0v) is 9.94. The van der Waals surface area contributed by atoms with Crippen molar-refractivity contribution in [1.82, 2.24) is 4.98 Å². The second kappa shape index (κ2) is 5.08. The van der Waals surface area contributed by atoms with E-state index in [2.05, 4.69) is 57.3 Å². The monoisotopic (exact) mass is 261 g/mol. The molecule has 2 aromatic rings. The number of fused-ring (bicyclic) bond motifs is 1. The number of alkyl halides is 1. The molecule has 0 fully saturated rings. The molecule has 2 rings (SSSR count). The van der Waals surface area contributed by atoms with E-state index in [4.69, 9.17) is 0 Å². The number of nitrogens with zero attached hydrogens (tertiary/aromatic N) is 1. The first-order chi connectivity index (χ1) is 7.40. The number of aromatic nitrogens is 1. The SMILES string of the molecule is BrCC/C=C/c1ccc2ncccc2c1.